The monoisotopic (exact) mass is 1300 g/mol. The summed E-state index contributed by atoms with van der Waals surface area (Å²) in [6.45, 7) is 6.87. The summed E-state index contributed by atoms with van der Waals surface area (Å²) in [4.78, 5) is 40.3. The van der Waals surface area contributed by atoms with Gasteiger partial charge in [0.15, 0.2) is 0 Å². The second kappa shape index (κ2) is 70.3. The van der Waals surface area contributed by atoms with E-state index in [1.165, 1.54) is 270 Å². The van der Waals surface area contributed by atoms with Crippen LogP contribution >= 0.6 is 7.82 Å². The molecule has 3 atom stereocenters. The molecule has 0 fully saturated rings. The fourth-order valence-corrected chi connectivity index (χ4v) is 12.3. The van der Waals surface area contributed by atoms with E-state index in [0.717, 1.165) is 77.0 Å². The number of ether oxygens (including phenoxy) is 1. The van der Waals surface area contributed by atoms with Crippen LogP contribution in [-0.2, 0) is 27.9 Å². The predicted octanol–water partition coefficient (Wildman–Crippen LogP) is 24.8. The molecule has 91 heavy (non-hydrogen) atoms. The zero-order chi connectivity index (χ0) is 66.3. The number of quaternary nitrogens is 1. The van der Waals surface area contributed by atoms with Crippen LogP contribution in [-0.4, -0.2) is 69.4 Å². The quantitative estimate of drug-likeness (QED) is 0.0212. The van der Waals surface area contributed by atoms with E-state index in [0.29, 0.717) is 17.4 Å². The normalized spacial score (nSPS) is 13.8. The average Bonchev–Trinajstić information content (AvgIpc) is 3.73. The number of rotatable bonds is 72. The molecule has 532 valence electrons. The number of amides is 1. The Balaban J connectivity index is 4.99. The highest BCUT2D eigenvalue weighted by atomic mass is 31.2. The number of nitrogens with one attached hydrogen (secondary N) is 1. The van der Waals surface area contributed by atoms with Crippen molar-refractivity contribution >= 4 is 19.7 Å². The third kappa shape index (κ3) is 71.6. The number of hydrogen-bond acceptors (Lipinski definition) is 7. The molecule has 0 spiro atoms. The van der Waals surface area contributed by atoms with Gasteiger partial charge >= 0.3 is 5.97 Å². The van der Waals surface area contributed by atoms with Crippen molar-refractivity contribution in [2.24, 2.45) is 0 Å². The molecule has 1 amide bonds. The Hall–Kier alpha value is -2.55. The molecule has 0 bridgehead atoms. The van der Waals surface area contributed by atoms with Crippen LogP contribution in [0.4, 0.5) is 0 Å². The van der Waals surface area contributed by atoms with Crippen molar-refractivity contribution in [3.05, 3.63) is 72.9 Å². The van der Waals surface area contributed by atoms with Gasteiger partial charge in [0.05, 0.1) is 33.8 Å². The summed E-state index contributed by atoms with van der Waals surface area (Å²) < 4.78 is 30.6. The molecule has 0 heterocycles. The van der Waals surface area contributed by atoms with Gasteiger partial charge < -0.3 is 28.5 Å². The van der Waals surface area contributed by atoms with E-state index in [2.05, 4.69) is 86.8 Å². The van der Waals surface area contributed by atoms with Gasteiger partial charge in [0, 0.05) is 12.8 Å². The summed E-state index contributed by atoms with van der Waals surface area (Å²) >= 11 is 0. The number of nitrogens with zero attached hydrogens (tertiary/aromatic N) is 1. The Morgan fingerprint density at radius 3 is 1.03 bits per heavy atom. The SMILES string of the molecule is CCCCC/C=C\C/C=C\C/C=C\C/C=C\CCCCCCCCCCCCCC(=O)OC(/C=C/CCCCCCCCCCCCC)C(COP(=O)([O-])OCC[N+](C)(C)C)NC(=O)CCCCCCCCCCCCCCCCC/C=C/CCCCCCCC. The van der Waals surface area contributed by atoms with E-state index in [-0.39, 0.29) is 31.5 Å². The van der Waals surface area contributed by atoms with Crippen molar-refractivity contribution in [3.63, 3.8) is 0 Å². The maximum atomic E-state index is 13.7. The standard InChI is InChI=1S/C81H151N2O7P/c1-7-10-13-16-19-22-25-28-30-32-34-36-38-40-41-43-45-47-49-51-53-56-59-62-65-68-71-74-81(85)90-79(72-69-66-63-60-57-54-27-24-21-18-15-12-9-3)78(77-89-91(86,87)88-76-75-83(4,5)6)82-80(84)73-70-67-64-61-58-55-52-50-48-46-44-42-39-37-35-33-31-29-26-23-20-17-14-11-8-2/h19,22,28-31,34,36,40-41,69,72,78-79H,7-18,20-21,23-27,32-33,35,37-39,42-68,70-71,73-77H2,1-6H3,(H-,82,84,86,87)/b22-19-,30-28-,31-29+,36-34-,41-40-,72-69+. The molecule has 0 aromatic heterocycles. The van der Waals surface area contributed by atoms with Crippen molar-refractivity contribution < 1.29 is 37.3 Å². The topological polar surface area (TPSA) is 114 Å². The number of likely N-dealkylation sites (N-methyl/N-ethyl adjacent to an activating group) is 1. The zero-order valence-corrected chi connectivity index (χ0v) is 61.9. The van der Waals surface area contributed by atoms with Gasteiger partial charge in [-0.15, -0.1) is 0 Å². The molecule has 0 saturated heterocycles. The predicted molar refractivity (Wildman–Crippen MR) is 395 cm³/mol. The van der Waals surface area contributed by atoms with Crippen LogP contribution in [0.5, 0.6) is 0 Å². The van der Waals surface area contributed by atoms with E-state index in [9.17, 15) is 19.0 Å². The lowest BCUT2D eigenvalue weighted by Crippen LogP contribution is -2.47. The summed E-state index contributed by atoms with van der Waals surface area (Å²) in [7, 11) is 1.19. The molecule has 0 rings (SSSR count). The number of phosphoric ester groups is 1. The third-order valence-electron chi connectivity index (χ3n) is 17.6. The Morgan fingerprint density at radius 1 is 0.385 bits per heavy atom. The maximum absolute atomic E-state index is 13.7. The van der Waals surface area contributed by atoms with E-state index >= 15 is 0 Å². The van der Waals surface area contributed by atoms with Gasteiger partial charge in [0.2, 0.25) is 5.91 Å². The first-order valence-electron chi connectivity index (χ1n) is 39.2. The van der Waals surface area contributed by atoms with Gasteiger partial charge in [0.25, 0.3) is 7.82 Å². The number of phosphoric acid groups is 1. The first-order valence-corrected chi connectivity index (χ1v) is 40.7. The molecule has 0 aliphatic carbocycles. The van der Waals surface area contributed by atoms with Gasteiger partial charge in [-0.05, 0) is 102 Å². The highest BCUT2D eigenvalue weighted by Gasteiger charge is 2.27. The van der Waals surface area contributed by atoms with Crippen LogP contribution < -0.4 is 10.2 Å². The van der Waals surface area contributed by atoms with E-state index in [1.807, 2.05) is 33.3 Å². The number of carbonyl (C=O) groups excluding carboxylic acids is 2. The van der Waals surface area contributed by atoms with Gasteiger partial charge in [-0.3, -0.25) is 14.2 Å². The molecule has 0 aromatic carbocycles. The summed E-state index contributed by atoms with van der Waals surface area (Å²) in [6.07, 6.45) is 93.2. The minimum absolute atomic E-state index is 0.0228. The summed E-state index contributed by atoms with van der Waals surface area (Å²) in [5, 5.41) is 3.06. The first-order chi connectivity index (χ1) is 44.4. The second-order valence-electron chi connectivity index (χ2n) is 27.9. The van der Waals surface area contributed by atoms with Gasteiger partial charge in [-0.1, -0.05) is 338 Å². The molecule has 0 aromatic rings. The van der Waals surface area contributed by atoms with Gasteiger partial charge in [-0.25, -0.2) is 0 Å². The molecule has 10 heteroatoms. The Morgan fingerprint density at radius 2 is 0.670 bits per heavy atom. The van der Waals surface area contributed by atoms with Crippen molar-refractivity contribution in [1.82, 2.24) is 5.32 Å². The number of unbranched alkanes of at least 4 members (excludes halogenated alkanes) is 46. The molecule has 0 saturated carbocycles. The number of allylic oxidation sites excluding steroid dienone is 11. The zero-order valence-electron chi connectivity index (χ0n) is 61.1. The van der Waals surface area contributed by atoms with Crippen LogP contribution in [0, 0.1) is 0 Å². The highest BCUT2D eigenvalue weighted by Crippen LogP contribution is 2.38. The van der Waals surface area contributed by atoms with Crippen molar-refractivity contribution in [3.8, 4) is 0 Å². The fourth-order valence-electron chi connectivity index (χ4n) is 11.6. The number of hydrogen-bond donors (Lipinski definition) is 1. The lowest BCUT2D eigenvalue weighted by molar-refractivity contribution is -0.870. The lowest BCUT2D eigenvalue weighted by Gasteiger charge is -2.30. The Bertz CT molecular complexity index is 1780. The van der Waals surface area contributed by atoms with E-state index in [4.69, 9.17) is 13.8 Å². The fraction of sp³-hybridized carbons (Fsp3) is 0.827. The van der Waals surface area contributed by atoms with Crippen LogP contribution in [0.25, 0.3) is 0 Å². The van der Waals surface area contributed by atoms with Gasteiger partial charge in [-0.2, -0.15) is 0 Å². The van der Waals surface area contributed by atoms with E-state index < -0.39 is 20.0 Å². The molecule has 9 nitrogen and oxygen atoms in total. The van der Waals surface area contributed by atoms with Crippen molar-refractivity contribution in [1.29, 1.82) is 0 Å². The number of esters is 1. The Labute approximate surface area is 565 Å². The maximum Gasteiger partial charge on any atom is 0.306 e. The molecule has 0 radical (unpaired) electrons. The number of carbonyl (C=O) groups is 2. The largest absolute Gasteiger partial charge is 0.756 e. The minimum Gasteiger partial charge on any atom is -0.756 e. The lowest BCUT2D eigenvalue weighted by atomic mass is 10.0. The summed E-state index contributed by atoms with van der Waals surface area (Å²) in [6, 6.07) is -0.892. The summed E-state index contributed by atoms with van der Waals surface area (Å²) in [5.74, 6) is -0.529. The van der Waals surface area contributed by atoms with Crippen LogP contribution in [0.3, 0.4) is 0 Å². The van der Waals surface area contributed by atoms with Crippen LogP contribution in [0.1, 0.15) is 380 Å². The highest BCUT2D eigenvalue weighted by molar-refractivity contribution is 7.45. The van der Waals surface area contributed by atoms with Gasteiger partial charge in [0.1, 0.15) is 19.3 Å². The minimum atomic E-state index is -4.71. The Kier molecular flexibility index (Phi) is 68.3. The van der Waals surface area contributed by atoms with Crippen molar-refractivity contribution in [2.45, 2.75) is 392 Å². The first kappa shape index (κ1) is 88.5. The molecular formula is C81H151N2O7P. The van der Waals surface area contributed by atoms with E-state index in [1.54, 1.807) is 0 Å². The third-order valence-corrected chi connectivity index (χ3v) is 18.6. The molecule has 3 unspecified atom stereocenters. The van der Waals surface area contributed by atoms with Crippen LogP contribution in [0.15, 0.2) is 72.9 Å². The van der Waals surface area contributed by atoms with Crippen molar-refractivity contribution in [2.75, 3.05) is 40.9 Å². The summed E-state index contributed by atoms with van der Waals surface area (Å²) in [5.41, 5.74) is 0. The molecular weight excluding hydrogens is 1140 g/mol. The smallest absolute Gasteiger partial charge is 0.306 e. The second-order valence-corrected chi connectivity index (χ2v) is 29.3. The molecule has 0 aliphatic rings. The molecule has 1 N–H and O–H groups in total. The van der Waals surface area contributed by atoms with Crippen LogP contribution in [0.2, 0.25) is 0 Å². The average molecular weight is 1300 g/mol. The molecule has 0 aliphatic heterocycles.